The zero-order chi connectivity index (χ0) is 19.5. The highest BCUT2D eigenvalue weighted by Gasteiger charge is 2.38. The Morgan fingerprint density at radius 2 is 1.96 bits per heavy atom. The first kappa shape index (κ1) is 17.4. The number of nitrogens with zero attached hydrogens (tertiary/aromatic N) is 6. The lowest BCUT2D eigenvalue weighted by Crippen LogP contribution is -2.25. The van der Waals surface area contributed by atoms with E-state index in [0.29, 0.717) is 18.1 Å². The predicted molar refractivity (Wildman–Crippen MR) is 99.5 cm³/mol. The number of benzene rings is 1. The third kappa shape index (κ3) is 2.79. The largest absolute Gasteiger partial charge is 0.453 e. The van der Waals surface area contributed by atoms with Gasteiger partial charge in [0.2, 0.25) is 0 Å². The van der Waals surface area contributed by atoms with Gasteiger partial charge >= 0.3 is 6.18 Å². The molecule has 28 heavy (non-hydrogen) atoms. The first-order valence-corrected chi connectivity index (χ1v) is 9.65. The van der Waals surface area contributed by atoms with Crippen molar-refractivity contribution in [2.24, 2.45) is 0 Å². The van der Waals surface area contributed by atoms with Gasteiger partial charge in [-0.1, -0.05) is 12.1 Å². The number of aryl methyl sites for hydroxylation is 1. The van der Waals surface area contributed by atoms with Crippen LogP contribution in [0.3, 0.4) is 0 Å². The fourth-order valence-electron chi connectivity index (χ4n) is 3.62. The van der Waals surface area contributed by atoms with Crippen LogP contribution in [0.2, 0.25) is 0 Å². The molecule has 1 fully saturated rings. The Bertz CT molecular complexity index is 1150. The maximum Gasteiger partial charge on any atom is 0.453 e. The van der Waals surface area contributed by atoms with Gasteiger partial charge in [0.15, 0.2) is 0 Å². The number of aromatic nitrogens is 5. The second kappa shape index (κ2) is 6.13. The van der Waals surface area contributed by atoms with Crippen LogP contribution in [0.15, 0.2) is 30.3 Å². The van der Waals surface area contributed by atoms with E-state index in [-0.39, 0.29) is 11.8 Å². The molecule has 6 nitrogen and oxygen atoms in total. The van der Waals surface area contributed by atoms with Crippen molar-refractivity contribution < 1.29 is 13.2 Å². The summed E-state index contributed by atoms with van der Waals surface area (Å²) >= 11 is 1.62. The summed E-state index contributed by atoms with van der Waals surface area (Å²) in [5, 5.41) is 4.66. The lowest BCUT2D eigenvalue weighted by Gasteiger charge is -2.25. The quantitative estimate of drug-likeness (QED) is 0.496. The maximum atomic E-state index is 13.1. The summed E-state index contributed by atoms with van der Waals surface area (Å²) in [4.78, 5) is 14.5. The van der Waals surface area contributed by atoms with E-state index in [4.69, 9.17) is 4.98 Å². The fraction of sp³-hybridized carbons (Fsp3) is 0.333. The molecule has 1 aliphatic rings. The van der Waals surface area contributed by atoms with E-state index in [2.05, 4.69) is 20.0 Å². The molecule has 0 saturated carbocycles. The van der Waals surface area contributed by atoms with Crippen LogP contribution in [0.4, 0.5) is 19.0 Å². The van der Waals surface area contributed by atoms with Gasteiger partial charge in [-0.25, -0.2) is 9.97 Å². The molecule has 0 spiro atoms. The van der Waals surface area contributed by atoms with E-state index in [9.17, 15) is 13.2 Å². The highest BCUT2D eigenvalue weighted by molar-refractivity contribution is 7.18. The van der Waals surface area contributed by atoms with Crippen LogP contribution in [-0.4, -0.2) is 31.1 Å². The van der Waals surface area contributed by atoms with Crippen molar-refractivity contribution in [1.82, 2.24) is 24.6 Å². The van der Waals surface area contributed by atoms with Crippen molar-refractivity contribution in [1.29, 1.82) is 0 Å². The highest BCUT2D eigenvalue weighted by atomic mass is 32.1. The van der Waals surface area contributed by atoms with E-state index >= 15 is 0 Å². The molecule has 1 unspecified atom stereocenters. The molecule has 0 N–H and O–H groups in total. The maximum absolute atomic E-state index is 13.1. The summed E-state index contributed by atoms with van der Waals surface area (Å²) in [6.45, 7) is 2.45. The van der Waals surface area contributed by atoms with Crippen LogP contribution >= 0.6 is 11.3 Å². The molecule has 0 bridgehead atoms. The minimum Gasteiger partial charge on any atom is -0.347 e. The monoisotopic (exact) mass is 404 g/mol. The molecule has 3 aromatic heterocycles. The first-order valence-electron chi connectivity index (χ1n) is 8.84. The van der Waals surface area contributed by atoms with E-state index in [1.165, 1.54) is 4.52 Å². The van der Waals surface area contributed by atoms with Crippen LogP contribution < -0.4 is 4.90 Å². The number of para-hydroxylation sites is 1. The van der Waals surface area contributed by atoms with Gasteiger partial charge in [0.1, 0.15) is 10.8 Å². The minimum atomic E-state index is -4.61. The molecule has 5 rings (SSSR count). The van der Waals surface area contributed by atoms with Crippen molar-refractivity contribution in [3.63, 3.8) is 0 Å². The Balaban J connectivity index is 1.62. The SMILES string of the molecule is Cc1cc(N2CCCC2c2nc3ccccc3s2)n2nc(C(F)(F)F)nc2n1. The van der Waals surface area contributed by atoms with Crippen LogP contribution in [0, 0.1) is 6.92 Å². The van der Waals surface area contributed by atoms with Crippen molar-refractivity contribution in [2.45, 2.75) is 32.0 Å². The van der Waals surface area contributed by atoms with Gasteiger partial charge < -0.3 is 4.90 Å². The molecule has 1 aliphatic heterocycles. The summed E-state index contributed by atoms with van der Waals surface area (Å²) in [5.41, 5.74) is 1.53. The topological polar surface area (TPSA) is 59.2 Å². The second-order valence-electron chi connectivity index (χ2n) is 6.77. The normalized spacial score (nSPS) is 17.9. The molecule has 1 atom stereocenters. The van der Waals surface area contributed by atoms with Crippen molar-refractivity contribution in [3.8, 4) is 0 Å². The Hall–Kier alpha value is -2.75. The lowest BCUT2D eigenvalue weighted by molar-refractivity contribution is -0.144. The zero-order valence-electron chi connectivity index (χ0n) is 14.8. The lowest BCUT2D eigenvalue weighted by atomic mass is 10.2. The second-order valence-corrected chi connectivity index (χ2v) is 7.83. The number of hydrogen-bond acceptors (Lipinski definition) is 6. The van der Waals surface area contributed by atoms with Crippen LogP contribution in [0.25, 0.3) is 16.0 Å². The molecule has 144 valence electrons. The Labute approximate surface area is 161 Å². The van der Waals surface area contributed by atoms with Crippen molar-refractivity contribution in [3.05, 3.63) is 46.9 Å². The van der Waals surface area contributed by atoms with E-state index in [1.807, 2.05) is 24.3 Å². The predicted octanol–water partition coefficient (Wildman–Crippen LogP) is 4.40. The smallest absolute Gasteiger partial charge is 0.347 e. The molecule has 0 radical (unpaired) electrons. The molecular weight excluding hydrogens is 389 g/mol. The number of halogens is 3. The fourth-order valence-corrected chi connectivity index (χ4v) is 4.74. The van der Waals surface area contributed by atoms with Gasteiger partial charge in [0.25, 0.3) is 11.6 Å². The first-order chi connectivity index (χ1) is 13.4. The van der Waals surface area contributed by atoms with Crippen LogP contribution in [0.5, 0.6) is 0 Å². The average Bonchev–Trinajstić information content (AvgIpc) is 3.36. The third-order valence-corrected chi connectivity index (χ3v) is 5.96. The van der Waals surface area contributed by atoms with Gasteiger partial charge in [-0.05, 0) is 31.9 Å². The number of rotatable bonds is 2. The van der Waals surface area contributed by atoms with Gasteiger partial charge in [-0.3, -0.25) is 0 Å². The summed E-state index contributed by atoms with van der Waals surface area (Å²) in [5.74, 6) is -0.660. The Morgan fingerprint density at radius 3 is 2.75 bits per heavy atom. The van der Waals surface area contributed by atoms with Crippen LogP contribution in [0.1, 0.15) is 35.4 Å². The Kier molecular flexibility index (Phi) is 3.80. The summed E-state index contributed by atoms with van der Waals surface area (Å²) < 4.78 is 41.6. The number of anilines is 1. The molecule has 4 heterocycles. The number of fused-ring (bicyclic) bond motifs is 2. The summed E-state index contributed by atoms with van der Waals surface area (Å²) in [6, 6.07) is 9.66. The molecule has 1 aromatic carbocycles. The molecule has 1 saturated heterocycles. The van der Waals surface area contributed by atoms with Gasteiger partial charge in [-0.2, -0.15) is 22.7 Å². The summed E-state index contributed by atoms with van der Waals surface area (Å²) in [7, 11) is 0. The van der Waals surface area contributed by atoms with Crippen molar-refractivity contribution >= 4 is 33.1 Å². The minimum absolute atomic E-state index is 0.0130. The molecular formula is C18H15F3N6S. The average molecular weight is 404 g/mol. The van der Waals surface area contributed by atoms with Crippen LogP contribution in [-0.2, 0) is 6.18 Å². The van der Waals surface area contributed by atoms with Gasteiger partial charge in [-0.15, -0.1) is 16.4 Å². The van der Waals surface area contributed by atoms with Gasteiger partial charge in [0, 0.05) is 18.3 Å². The standard InChI is InChI=1S/C18H15F3N6S/c1-10-9-14(27-17(22-10)24-16(25-27)18(19,20)21)26-8-4-6-12(26)15-23-11-5-2-3-7-13(11)28-15/h2-3,5,7,9,12H,4,6,8H2,1H3. The summed E-state index contributed by atoms with van der Waals surface area (Å²) in [6.07, 6.45) is -2.82. The molecule has 4 aromatic rings. The molecule has 0 aliphatic carbocycles. The zero-order valence-corrected chi connectivity index (χ0v) is 15.6. The number of thiazole rings is 1. The van der Waals surface area contributed by atoms with Crippen molar-refractivity contribution in [2.75, 3.05) is 11.4 Å². The number of alkyl halides is 3. The highest BCUT2D eigenvalue weighted by Crippen LogP contribution is 2.39. The third-order valence-electron chi connectivity index (χ3n) is 4.82. The van der Waals surface area contributed by atoms with E-state index in [0.717, 1.165) is 28.1 Å². The van der Waals surface area contributed by atoms with E-state index < -0.39 is 12.0 Å². The van der Waals surface area contributed by atoms with Gasteiger partial charge in [0.05, 0.1) is 16.3 Å². The van der Waals surface area contributed by atoms with E-state index in [1.54, 1.807) is 24.3 Å². The molecule has 0 amide bonds. The number of hydrogen-bond donors (Lipinski definition) is 0. The Morgan fingerprint density at radius 1 is 1.14 bits per heavy atom. The molecule has 10 heteroatoms.